The number of aliphatic imine (C=N–C) groups is 2. The monoisotopic (exact) mass is 283 g/mol. The molecule has 0 radical (unpaired) electrons. The summed E-state index contributed by atoms with van der Waals surface area (Å²) in [6.07, 6.45) is 0. The summed E-state index contributed by atoms with van der Waals surface area (Å²) in [5.41, 5.74) is 2.97. The van der Waals surface area contributed by atoms with E-state index in [-0.39, 0.29) is 5.75 Å². The van der Waals surface area contributed by atoms with Gasteiger partial charge in [-0.15, -0.1) is 0 Å². The highest BCUT2D eigenvalue weighted by atomic mass is 19.1. The van der Waals surface area contributed by atoms with Crippen molar-refractivity contribution in [2.24, 2.45) is 9.98 Å². The number of phenolic OH excluding ortho intramolecular Hbond substituents is 1. The minimum Gasteiger partial charge on any atom is -0.503 e. The molecule has 0 spiro atoms. The molecule has 2 aromatic carbocycles. The molecule has 0 amide bonds. The van der Waals surface area contributed by atoms with Crippen molar-refractivity contribution in [3.63, 3.8) is 0 Å². The molecular weight excluding hydrogens is 269 g/mol. The third kappa shape index (κ3) is 2.76. The molecule has 0 saturated carbocycles. The Kier molecular flexibility index (Phi) is 3.64. The summed E-state index contributed by atoms with van der Waals surface area (Å²) in [4.78, 5) is 8.71. The van der Waals surface area contributed by atoms with Crippen LogP contribution in [0, 0.1) is 5.82 Å². The van der Waals surface area contributed by atoms with Crippen molar-refractivity contribution in [3.05, 3.63) is 59.9 Å². The Morgan fingerprint density at radius 1 is 1.05 bits per heavy atom. The molecule has 1 heterocycles. The van der Waals surface area contributed by atoms with E-state index in [9.17, 15) is 9.50 Å². The lowest BCUT2D eigenvalue weighted by Crippen LogP contribution is -2.22. The van der Waals surface area contributed by atoms with E-state index in [0.717, 1.165) is 17.0 Å². The average molecular weight is 283 g/mol. The van der Waals surface area contributed by atoms with E-state index in [1.807, 2.05) is 30.3 Å². The van der Waals surface area contributed by atoms with Gasteiger partial charge in [0, 0.05) is 5.56 Å². The van der Waals surface area contributed by atoms with Gasteiger partial charge >= 0.3 is 0 Å². The Morgan fingerprint density at radius 2 is 1.86 bits per heavy atom. The maximum Gasteiger partial charge on any atom is 0.174 e. The van der Waals surface area contributed by atoms with Crippen LogP contribution in [0.15, 0.2) is 58.5 Å². The number of rotatable bonds is 4. The molecule has 0 atom stereocenters. The van der Waals surface area contributed by atoms with E-state index in [2.05, 4.69) is 15.3 Å². The molecule has 0 saturated heterocycles. The summed E-state index contributed by atoms with van der Waals surface area (Å²) in [5.74, 6) is -1.03. The van der Waals surface area contributed by atoms with E-state index in [0.29, 0.717) is 18.9 Å². The van der Waals surface area contributed by atoms with Gasteiger partial charge in [-0.1, -0.05) is 36.4 Å². The van der Waals surface area contributed by atoms with Crippen LogP contribution in [0.2, 0.25) is 0 Å². The van der Waals surface area contributed by atoms with Crippen molar-refractivity contribution in [2.75, 3.05) is 18.5 Å². The van der Waals surface area contributed by atoms with Crippen LogP contribution in [0.1, 0.15) is 5.56 Å². The number of para-hydroxylation sites is 1. The molecule has 106 valence electrons. The molecule has 0 unspecified atom stereocenters. The number of aromatic hydroxyl groups is 1. The average Bonchev–Trinajstić information content (AvgIpc) is 2.98. The normalized spacial score (nSPS) is 13.8. The molecule has 5 heteroatoms. The number of anilines is 1. The number of hydrogen-bond acceptors (Lipinski definition) is 4. The third-order valence-corrected chi connectivity index (χ3v) is 3.24. The highest BCUT2D eigenvalue weighted by Crippen LogP contribution is 2.25. The predicted molar refractivity (Wildman–Crippen MR) is 81.8 cm³/mol. The molecule has 2 aromatic rings. The summed E-state index contributed by atoms with van der Waals surface area (Å²) < 4.78 is 13.3. The lowest BCUT2D eigenvalue weighted by atomic mass is 10.1. The standard InChI is InChI=1S/C16H14FN3O/c17-12-7-4-8-13(16(12)21)18-9-14-15(20-10-19-14)11-5-2-1-3-6-11/h1-8,18,21H,9-10H2. The van der Waals surface area contributed by atoms with Gasteiger partial charge in [-0.2, -0.15) is 0 Å². The van der Waals surface area contributed by atoms with Crippen LogP contribution in [0.4, 0.5) is 10.1 Å². The number of halogens is 1. The van der Waals surface area contributed by atoms with Gasteiger partial charge in [0.25, 0.3) is 0 Å². The van der Waals surface area contributed by atoms with E-state index in [1.54, 1.807) is 12.1 Å². The Labute approximate surface area is 121 Å². The van der Waals surface area contributed by atoms with Crippen LogP contribution >= 0.6 is 0 Å². The molecular formula is C16H14FN3O. The van der Waals surface area contributed by atoms with Gasteiger partial charge in [0.15, 0.2) is 11.6 Å². The molecule has 2 N–H and O–H groups in total. The first-order chi connectivity index (χ1) is 10.3. The number of hydrogen-bond donors (Lipinski definition) is 2. The second kappa shape index (κ2) is 5.75. The second-order valence-electron chi connectivity index (χ2n) is 4.61. The zero-order valence-corrected chi connectivity index (χ0v) is 11.3. The lowest BCUT2D eigenvalue weighted by Gasteiger charge is -2.10. The highest BCUT2D eigenvalue weighted by Gasteiger charge is 2.16. The molecule has 3 rings (SSSR count). The van der Waals surface area contributed by atoms with Crippen LogP contribution in [-0.4, -0.2) is 29.7 Å². The van der Waals surface area contributed by atoms with Crippen molar-refractivity contribution in [1.82, 2.24) is 0 Å². The molecule has 1 aliphatic heterocycles. The Bertz CT molecular complexity index is 711. The molecule has 1 aliphatic rings. The van der Waals surface area contributed by atoms with Gasteiger partial charge in [0.05, 0.1) is 23.7 Å². The fourth-order valence-electron chi connectivity index (χ4n) is 2.19. The van der Waals surface area contributed by atoms with Crippen molar-refractivity contribution in [1.29, 1.82) is 0 Å². The lowest BCUT2D eigenvalue weighted by molar-refractivity contribution is 0.434. The summed E-state index contributed by atoms with van der Waals surface area (Å²) in [6.45, 7) is 0.779. The summed E-state index contributed by atoms with van der Waals surface area (Å²) in [7, 11) is 0. The maximum atomic E-state index is 13.3. The SMILES string of the molecule is Oc1c(F)cccc1NCC1=NCN=C1c1ccccc1. The Balaban J connectivity index is 1.74. The quantitative estimate of drug-likeness (QED) is 0.848. The van der Waals surface area contributed by atoms with Crippen molar-refractivity contribution < 1.29 is 9.50 Å². The van der Waals surface area contributed by atoms with E-state index in [4.69, 9.17) is 0 Å². The summed E-state index contributed by atoms with van der Waals surface area (Å²) >= 11 is 0. The van der Waals surface area contributed by atoms with Crippen LogP contribution in [0.25, 0.3) is 0 Å². The van der Waals surface area contributed by atoms with Gasteiger partial charge in [-0.3, -0.25) is 9.98 Å². The first-order valence-electron chi connectivity index (χ1n) is 6.60. The Hall–Kier alpha value is -2.69. The van der Waals surface area contributed by atoms with Crippen molar-refractivity contribution in [3.8, 4) is 5.75 Å². The topological polar surface area (TPSA) is 57.0 Å². The fourth-order valence-corrected chi connectivity index (χ4v) is 2.19. The largest absolute Gasteiger partial charge is 0.503 e. The highest BCUT2D eigenvalue weighted by molar-refractivity contribution is 6.50. The Morgan fingerprint density at radius 3 is 2.67 bits per heavy atom. The fraction of sp³-hybridized carbons (Fsp3) is 0.125. The first kappa shape index (κ1) is 13.3. The molecule has 0 aromatic heterocycles. The van der Waals surface area contributed by atoms with E-state index < -0.39 is 5.82 Å². The molecule has 0 aliphatic carbocycles. The van der Waals surface area contributed by atoms with Gasteiger partial charge in [0.2, 0.25) is 0 Å². The number of nitrogens with zero attached hydrogens (tertiary/aromatic N) is 2. The van der Waals surface area contributed by atoms with Gasteiger partial charge < -0.3 is 10.4 Å². The smallest absolute Gasteiger partial charge is 0.174 e. The molecule has 0 bridgehead atoms. The number of nitrogens with one attached hydrogen (secondary N) is 1. The van der Waals surface area contributed by atoms with Crippen LogP contribution < -0.4 is 5.32 Å². The minimum absolute atomic E-state index is 0.344. The van der Waals surface area contributed by atoms with Crippen LogP contribution in [-0.2, 0) is 0 Å². The summed E-state index contributed by atoms with van der Waals surface area (Å²) in [5, 5.41) is 12.6. The summed E-state index contributed by atoms with van der Waals surface area (Å²) in [6, 6.07) is 14.1. The zero-order valence-electron chi connectivity index (χ0n) is 11.3. The van der Waals surface area contributed by atoms with E-state index in [1.165, 1.54) is 6.07 Å². The first-order valence-corrected chi connectivity index (χ1v) is 6.60. The molecule has 21 heavy (non-hydrogen) atoms. The van der Waals surface area contributed by atoms with Crippen LogP contribution in [0.3, 0.4) is 0 Å². The number of phenols is 1. The molecule has 0 fully saturated rings. The predicted octanol–water partition coefficient (Wildman–Crippen LogP) is 2.84. The van der Waals surface area contributed by atoms with E-state index >= 15 is 0 Å². The van der Waals surface area contributed by atoms with Crippen molar-refractivity contribution >= 4 is 17.1 Å². The minimum atomic E-state index is -0.648. The molecule has 4 nitrogen and oxygen atoms in total. The maximum absolute atomic E-state index is 13.3. The zero-order chi connectivity index (χ0) is 14.7. The third-order valence-electron chi connectivity index (χ3n) is 3.24. The van der Waals surface area contributed by atoms with Gasteiger partial charge in [-0.05, 0) is 12.1 Å². The second-order valence-corrected chi connectivity index (χ2v) is 4.61. The number of benzene rings is 2. The van der Waals surface area contributed by atoms with Gasteiger partial charge in [-0.25, -0.2) is 4.39 Å². The van der Waals surface area contributed by atoms with Crippen molar-refractivity contribution in [2.45, 2.75) is 0 Å². The van der Waals surface area contributed by atoms with Crippen LogP contribution in [0.5, 0.6) is 5.75 Å². The van der Waals surface area contributed by atoms with Gasteiger partial charge in [0.1, 0.15) is 6.67 Å².